The first-order valence-corrected chi connectivity index (χ1v) is 5.20. The van der Waals surface area contributed by atoms with Gasteiger partial charge in [0.25, 0.3) is 0 Å². The second kappa shape index (κ2) is 4.31. The predicted molar refractivity (Wildman–Crippen MR) is 63.4 cm³/mol. The number of rotatable bonds is 2. The molecule has 0 bridgehead atoms. The van der Waals surface area contributed by atoms with E-state index in [-0.39, 0.29) is 5.82 Å². The lowest BCUT2D eigenvalue weighted by Crippen LogP contribution is -1.92. The van der Waals surface area contributed by atoms with Crippen LogP contribution in [0.4, 0.5) is 10.1 Å². The Bertz CT molecular complexity index is 509. The maximum atomic E-state index is 13.1. The van der Waals surface area contributed by atoms with Crippen molar-refractivity contribution < 1.29 is 4.39 Å². The lowest BCUT2D eigenvalue weighted by atomic mass is 9.99. The number of aryl methyl sites for hydroxylation is 1. The average molecular weight is 216 g/mol. The molecule has 0 fully saturated rings. The Balaban J connectivity index is 2.58. The van der Waals surface area contributed by atoms with Gasteiger partial charge in [-0.25, -0.2) is 4.39 Å². The number of nitrogens with zero attached hydrogens (tertiary/aromatic N) is 1. The molecule has 2 rings (SSSR count). The van der Waals surface area contributed by atoms with Crippen LogP contribution >= 0.6 is 0 Å². The Morgan fingerprint density at radius 1 is 1.25 bits per heavy atom. The molecule has 0 unspecified atom stereocenters. The van der Waals surface area contributed by atoms with Crippen molar-refractivity contribution >= 4 is 5.69 Å². The van der Waals surface area contributed by atoms with Crippen LogP contribution in [0.5, 0.6) is 0 Å². The molecular weight excluding hydrogens is 203 g/mol. The van der Waals surface area contributed by atoms with Crippen LogP contribution in [-0.4, -0.2) is 4.98 Å². The number of anilines is 1. The number of hydrogen-bond acceptors (Lipinski definition) is 2. The van der Waals surface area contributed by atoms with E-state index in [1.807, 2.05) is 18.2 Å². The molecule has 1 heterocycles. The Labute approximate surface area is 93.9 Å². The van der Waals surface area contributed by atoms with Crippen LogP contribution in [0.2, 0.25) is 0 Å². The molecule has 2 nitrogen and oxygen atoms in total. The zero-order chi connectivity index (χ0) is 11.5. The number of nitrogens with two attached hydrogens (primary N) is 1. The molecular formula is C13H13FN2. The summed E-state index contributed by atoms with van der Waals surface area (Å²) in [5.41, 5.74) is 9.28. The minimum atomic E-state index is -0.332. The van der Waals surface area contributed by atoms with E-state index < -0.39 is 0 Å². The van der Waals surface area contributed by atoms with Crippen LogP contribution in [0.1, 0.15) is 12.5 Å². The van der Waals surface area contributed by atoms with Gasteiger partial charge < -0.3 is 5.73 Å². The number of benzene rings is 1. The monoisotopic (exact) mass is 216 g/mol. The molecule has 2 N–H and O–H groups in total. The van der Waals surface area contributed by atoms with Crippen LogP contribution in [-0.2, 0) is 6.42 Å². The van der Waals surface area contributed by atoms with Gasteiger partial charge in [0, 0.05) is 17.4 Å². The van der Waals surface area contributed by atoms with Gasteiger partial charge in [0.1, 0.15) is 5.82 Å². The molecule has 3 heteroatoms. The third-order valence-electron chi connectivity index (χ3n) is 2.53. The van der Waals surface area contributed by atoms with E-state index in [2.05, 4.69) is 11.9 Å². The second-order valence-corrected chi connectivity index (χ2v) is 3.66. The minimum Gasteiger partial charge on any atom is -0.399 e. The van der Waals surface area contributed by atoms with Crippen molar-refractivity contribution in [3.05, 3.63) is 48.0 Å². The molecule has 1 aromatic heterocycles. The van der Waals surface area contributed by atoms with Crippen molar-refractivity contribution in [2.24, 2.45) is 0 Å². The van der Waals surface area contributed by atoms with Crippen molar-refractivity contribution in [1.29, 1.82) is 0 Å². The Morgan fingerprint density at radius 2 is 2.06 bits per heavy atom. The Hall–Kier alpha value is -1.90. The van der Waals surface area contributed by atoms with Crippen LogP contribution < -0.4 is 5.73 Å². The summed E-state index contributed by atoms with van der Waals surface area (Å²) in [5, 5.41) is 0. The highest BCUT2D eigenvalue weighted by Gasteiger charge is 2.05. The first-order valence-electron chi connectivity index (χ1n) is 5.20. The van der Waals surface area contributed by atoms with Gasteiger partial charge in [-0.15, -0.1) is 0 Å². The SMILES string of the molecule is CCc1ccc(N)cc1-c1cncc(F)c1. The number of halogens is 1. The standard InChI is InChI=1S/C13H13FN2/c1-2-9-3-4-12(15)6-13(9)10-5-11(14)8-16-7-10/h3-8H,2,15H2,1H3. The number of pyridine rings is 1. The van der Waals surface area contributed by atoms with Crippen molar-refractivity contribution in [2.45, 2.75) is 13.3 Å². The fourth-order valence-corrected chi connectivity index (χ4v) is 1.73. The molecule has 0 aliphatic rings. The first kappa shape index (κ1) is 10.6. The predicted octanol–water partition coefficient (Wildman–Crippen LogP) is 3.03. The highest BCUT2D eigenvalue weighted by molar-refractivity contribution is 5.70. The van der Waals surface area contributed by atoms with Crippen molar-refractivity contribution in [1.82, 2.24) is 4.98 Å². The number of nitrogen functional groups attached to an aromatic ring is 1. The molecule has 2 aromatic rings. The summed E-state index contributed by atoms with van der Waals surface area (Å²) in [6.45, 7) is 2.06. The van der Waals surface area contributed by atoms with Crippen molar-refractivity contribution in [3.63, 3.8) is 0 Å². The Morgan fingerprint density at radius 3 is 2.75 bits per heavy atom. The molecule has 16 heavy (non-hydrogen) atoms. The largest absolute Gasteiger partial charge is 0.399 e. The maximum Gasteiger partial charge on any atom is 0.142 e. The van der Waals surface area contributed by atoms with Gasteiger partial charge in [-0.05, 0) is 35.7 Å². The number of hydrogen-bond donors (Lipinski definition) is 1. The fraction of sp³-hybridized carbons (Fsp3) is 0.154. The van der Waals surface area contributed by atoms with Gasteiger partial charge in [-0.3, -0.25) is 4.98 Å². The van der Waals surface area contributed by atoms with Gasteiger partial charge in [0.05, 0.1) is 6.20 Å². The molecule has 0 aliphatic carbocycles. The molecule has 0 saturated heterocycles. The highest BCUT2D eigenvalue weighted by Crippen LogP contribution is 2.26. The molecule has 82 valence electrons. The summed E-state index contributed by atoms with van der Waals surface area (Å²) in [7, 11) is 0. The molecule has 0 saturated carbocycles. The second-order valence-electron chi connectivity index (χ2n) is 3.66. The fourth-order valence-electron chi connectivity index (χ4n) is 1.73. The van der Waals surface area contributed by atoms with E-state index in [4.69, 9.17) is 5.73 Å². The van der Waals surface area contributed by atoms with E-state index in [0.29, 0.717) is 5.69 Å². The smallest absolute Gasteiger partial charge is 0.142 e. The van der Waals surface area contributed by atoms with Gasteiger partial charge in [0.2, 0.25) is 0 Å². The summed E-state index contributed by atoms with van der Waals surface area (Å²) in [6, 6.07) is 7.15. The summed E-state index contributed by atoms with van der Waals surface area (Å²) in [5.74, 6) is -0.332. The van der Waals surface area contributed by atoms with E-state index >= 15 is 0 Å². The maximum absolute atomic E-state index is 13.1. The molecule has 0 aliphatic heterocycles. The third-order valence-corrected chi connectivity index (χ3v) is 2.53. The van der Waals surface area contributed by atoms with E-state index in [1.54, 1.807) is 6.20 Å². The van der Waals surface area contributed by atoms with Crippen molar-refractivity contribution in [3.8, 4) is 11.1 Å². The lowest BCUT2D eigenvalue weighted by molar-refractivity contribution is 0.622. The molecule has 0 atom stereocenters. The minimum absolute atomic E-state index is 0.332. The third kappa shape index (κ3) is 2.03. The summed E-state index contributed by atoms with van der Waals surface area (Å²) in [6.07, 6.45) is 3.73. The van der Waals surface area contributed by atoms with Gasteiger partial charge >= 0.3 is 0 Å². The normalized spacial score (nSPS) is 10.4. The number of aromatic nitrogens is 1. The molecule has 0 amide bonds. The summed E-state index contributed by atoms with van der Waals surface area (Å²) in [4.78, 5) is 3.85. The van der Waals surface area contributed by atoms with Crippen LogP contribution in [0, 0.1) is 5.82 Å². The average Bonchev–Trinajstić information content (AvgIpc) is 2.29. The lowest BCUT2D eigenvalue weighted by Gasteiger charge is -2.08. The van der Waals surface area contributed by atoms with Crippen LogP contribution in [0.3, 0.4) is 0 Å². The summed E-state index contributed by atoms with van der Waals surface area (Å²) >= 11 is 0. The van der Waals surface area contributed by atoms with E-state index in [0.717, 1.165) is 23.1 Å². The quantitative estimate of drug-likeness (QED) is 0.784. The zero-order valence-corrected chi connectivity index (χ0v) is 9.07. The Kier molecular flexibility index (Phi) is 2.86. The first-order chi connectivity index (χ1) is 7.70. The molecule has 0 spiro atoms. The van der Waals surface area contributed by atoms with E-state index in [9.17, 15) is 4.39 Å². The van der Waals surface area contributed by atoms with Gasteiger partial charge in [-0.2, -0.15) is 0 Å². The van der Waals surface area contributed by atoms with Crippen molar-refractivity contribution in [2.75, 3.05) is 5.73 Å². The zero-order valence-electron chi connectivity index (χ0n) is 9.07. The highest BCUT2D eigenvalue weighted by atomic mass is 19.1. The van der Waals surface area contributed by atoms with Gasteiger partial charge in [-0.1, -0.05) is 13.0 Å². The van der Waals surface area contributed by atoms with Gasteiger partial charge in [0.15, 0.2) is 0 Å². The molecule has 0 radical (unpaired) electrons. The van der Waals surface area contributed by atoms with Crippen LogP contribution in [0.25, 0.3) is 11.1 Å². The van der Waals surface area contributed by atoms with E-state index in [1.165, 1.54) is 12.3 Å². The molecule has 1 aromatic carbocycles. The summed E-state index contributed by atoms with van der Waals surface area (Å²) < 4.78 is 13.1. The topological polar surface area (TPSA) is 38.9 Å². The van der Waals surface area contributed by atoms with Crippen LogP contribution in [0.15, 0.2) is 36.7 Å².